The maximum Gasteiger partial charge on any atom is 0.407 e. The maximum atomic E-state index is 10.4. The van der Waals surface area contributed by atoms with Crippen LogP contribution < -0.4 is 0 Å². The van der Waals surface area contributed by atoms with Gasteiger partial charge in [0, 0.05) is 14.0 Å². The summed E-state index contributed by atoms with van der Waals surface area (Å²) in [5.41, 5.74) is 0. The third kappa shape index (κ3) is 1.15. The summed E-state index contributed by atoms with van der Waals surface area (Å²) in [6.45, 7) is 0.811. The number of hydrogen-bond acceptors (Lipinski definition) is 1. The van der Waals surface area contributed by atoms with Gasteiger partial charge in [-0.2, -0.15) is 0 Å². The summed E-state index contributed by atoms with van der Waals surface area (Å²) < 4.78 is 7.02. The Morgan fingerprint density at radius 2 is 2.78 bits per heavy atom. The molecule has 1 amide bonds. The molecule has 0 saturated carbocycles. The van der Waals surface area contributed by atoms with Crippen LogP contribution in [0.15, 0.2) is 0 Å². The van der Waals surface area contributed by atoms with E-state index in [-0.39, 0.29) is 12.9 Å². The molecule has 0 unspecified atom stereocenters. The number of nitrogens with zero attached hydrogens (tertiary/aromatic N) is 1. The van der Waals surface area contributed by atoms with E-state index in [1.807, 2.05) is 0 Å². The molecule has 0 aromatic carbocycles. The molecule has 9 heavy (non-hydrogen) atoms. The van der Waals surface area contributed by atoms with Gasteiger partial charge in [0.25, 0.3) is 0 Å². The zero-order valence-electron chi connectivity index (χ0n) is 6.21. The number of carboxylic acid groups (broad SMARTS) is 1. The Labute approximate surface area is 55.7 Å². The van der Waals surface area contributed by atoms with Gasteiger partial charge in [-0.1, -0.05) is 0 Å². The minimum atomic E-state index is -0.880. The van der Waals surface area contributed by atoms with Gasteiger partial charge < -0.3 is 10.0 Å². The molecule has 0 aromatic rings. The summed E-state index contributed by atoms with van der Waals surface area (Å²) in [7, 11) is 0. The van der Waals surface area contributed by atoms with Crippen molar-refractivity contribution in [1.82, 2.24) is 4.90 Å². The Balaban J connectivity index is 2.50. The quantitative estimate of drug-likeness (QED) is 0.534. The van der Waals surface area contributed by atoms with Crippen molar-refractivity contribution in [3.8, 4) is 0 Å². The number of carbonyl (C=O) groups is 1. The van der Waals surface area contributed by atoms with Gasteiger partial charge in [-0.25, -0.2) is 4.79 Å². The molecule has 3 heteroatoms. The van der Waals surface area contributed by atoms with Gasteiger partial charge in [0.15, 0.2) is 0 Å². The molecular formula is C6H11NO2. The van der Waals surface area contributed by atoms with E-state index in [1.54, 1.807) is 0 Å². The molecule has 0 aromatic heterocycles. The van der Waals surface area contributed by atoms with Gasteiger partial charge in [0.2, 0.25) is 0 Å². The van der Waals surface area contributed by atoms with Crippen molar-refractivity contribution >= 4 is 6.09 Å². The van der Waals surface area contributed by atoms with Gasteiger partial charge >= 0.3 is 6.09 Å². The SMILES string of the molecule is [2H]C[C@@H]1CCCN1C(=O)O. The van der Waals surface area contributed by atoms with E-state index in [0.717, 1.165) is 12.8 Å². The highest BCUT2D eigenvalue weighted by atomic mass is 16.4. The smallest absolute Gasteiger partial charge is 0.407 e. The molecule has 3 nitrogen and oxygen atoms in total. The fraction of sp³-hybridized carbons (Fsp3) is 0.833. The zero-order valence-corrected chi connectivity index (χ0v) is 5.21. The molecule has 1 N–H and O–H groups in total. The third-order valence-electron chi connectivity index (χ3n) is 1.62. The van der Waals surface area contributed by atoms with Crippen molar-refractivity contribution in [1.29, 1.82) is 0 Å². The summed E-state index contributed by atoms with van der Waals surface area (Å²) >= 11 is 0. The van der Waals surface area contributed by atoms with Crippen LogP contribution in [-0.2, 0) is 0 Å². The monoisotopic (exact) mass is 130 g/mol. The number of likely N-dealkylation sites (tertiary alicyclic amines) is 1. The van der Waals surface area contributed by atoms with Crippen LogP contribution in [0.25, 0.3) is 0 Å². The summed E-state index contributed by atoms with van der Waals surface area (Å²) in [6, 6.07) is -0.0440. The van der Waals surface area contributed by atoms with E-state index in [2.05, 4.69) is 0 Å². The molecular weight excluding hydrogens is 118 g/mol. The Morgan fingerprint density at radius 1 is 2.00 bits per heavy atom. The lowest BCUT2D eigenvalue weighted by atomic mass is 10.2. The molecule has 52 valence electrons. The van der Waals surface area contributed by atoms with Crippen LogP contribution >= 0.6 is 0 Å². The zero-order chi connectivity index (χ0) is 7.56. The van der Waals surface area contributed by atoms with Crippen LogP contribution in [0.2, 0.25) is 0 Å². The number of hydrogen-bond donors (Lipinski definition) is 1. The van der Waals surface area contributed by atoms with Crippen molar-refractivity contribution < 1.29 is 11.3 Å². The average Bonchev–Trinajstić information content (AvgIpc) is 2.33. The molecule has 1 atom stereocenters. The average molecular weight is 130 g/mol. The topological polar surface area (TPSA) is 40.5 Å². The van der Waals surface area contributed by atoms with Crippen molar-refractivity contribution in [2.45, 2.75) is 25.8 Å². The molecule has 1 heterocycles. The maximum absolute atomic E-state index is 10.4. The standard InChI is InChI=1S/C6H11NO2/c1-5-3-2-4-7(5)6(8)9/h5H,2-4H2,1H3,(H,8,9)/t5-/m1/s1/i1D. The largest absolute Gasteiger partial charge is 0.465 e. The lowest BCUT2D eigenvalue weighted by Gasteiger charge is -2.16. The summed E-state index contributed by atoms with van der Waals surface area (Å²) in [4.78, 5) is 11.8. The van der Waals surface area contributed by atoms with Crippen LogP contribution in [0.5, 0.6) is 0 Å². The first-order valence-corrected chi connectivity index (χ1v) is 3.04. The van der Waals surface area contributed by atoms with E-state index in [4.69, 9.17) is 6.48 Å². The fourth-order valence-electron chi connectivity index (χ4n) is 1.09. The second-order valence-electron chi connectivity index (χ2n) is 2.27. The highest BCUT2D eigenvalue weighted by Crippen LogP contribution is 2.15. The number of rotatable bonds is 0. The van der Waals surface area contributed by atoms with E-state index in [0.29, 0.717) is 6.54 Å². The van der Waals surface area contributed by atoms with Gasteiger partial charge in [0.05, 0.1) is 0 Å². The van der Waals surface area contributed by atoms with Gasteiger partial charge in [-0.05, 0) is 19.7 Å². The number of amides is 1. The van der Waals surface area contributed by atoms with Crippen LogP contribution in [0.4, 0.5) is 4.79 Å². The minimum Gasteiger partial charge on any atom is -0.465 e. The van der Waals surface area contributed by atoms with Crippen molar-refractivity contribution in [2.75, 3.05) is 6.54 Å². The Bertz CT molecular complexity index is 140. The predicted octanol–water partition coefficient (Wildman–Crippen LogP) is 1.15. The Hall–Kier alpha value is -0.730. The molecule has 0 aliphatic carbocycles. The molecule has 1 aliphatic heterocycles. The molecule has 1 aliphatic rings. The normalized spacial score (nSPS) is 28.2. The van der Waals surface area contributed by atoms with Crippen LogP contribution in [0.1, 0.15) is 21.1 Å². The Morgan fingerprint density at radius 3 is 3.22 bits per heavy atom. The predicted molar refractivity (Wildman–Crippen MR) is 33.4 cm³/mol. The van der Waals surface area contributed by atoms with E-state index < -0.39 is 6.09 Å². The molecule has 1 saturated heterocycles. The van der Waals surface area contributed by atoms with E-state index in [9.17, 15) is 4.79 Å². The van der Waals surface area contributed by atoms with Crippen LogP contribution in [0.3, 0.4) is 0 Å². The molecule has 0 bridgehead atoms. The fourth-order valence-corrected chi connectivity index (χ4v) is 1.09. The highest BCUT2D eigenvalue weighted by molar-refractivity contribution is 5.65. The summed E-state index contributed by atoms with van der Waals surface area (Å²) in [6.07, 6.45) is 0.890. The van der Waals surface area contributed by atoms with Gasteiger partial charge in [-0.3, -0.25) is 0 Å². The summed E-state index contributed by atoms with van der Waals surface area (Å²) in [5, 5.41) is 8.56. The third-order valence-corrected chi connectivity index (χ3v) is 1.62. The first kappa shape index (κ1) is 5.09. The molecule has 0 spiro atoms. The van der Waals surface area contributed by atoms with Gasteiger partial charge in [0.1, 0.15) is 0 Å². The second-order valence-corrected chi connectivity index (χ2v) is 2.27. The van der Waals surface area contributed by atoms with E-state index in [1.165, 1.54) is 4.90 Å². The lowest BCUT2D eigenvalue weighted by molar-refractivity contribution is 0.143. The van der Waals surface area contributed by atoms with Gasteiger partial charge in [-0.15, -0.1) is 0 Å². The minimum absolute atomic E-state index is 0.0440. The van der Waals surface area contributed by atoms with Crippen LogP contribution in [0, 0.1) is 0 Å². The van der Waals surface area contributed by atoms with E-state index >= 15 is 0 Å². The first-order chi connectivity index (χ1) is 4.75. The molecule has 1 rings (SSSR count). The van der Waals surface area contributed by atoms with Crippen molar-refractivity contribution in [3.63, 3.8) is 0 Å². The first-order valence-electron chi connectivity index (χ1n) is 3.75. The van der Waals surface area contributed by atoms with Crippen molar-refractivity contribution in [3.05, 3.63) is 0 Å². The highest BCUT2D eigenvalue weighted by Gasteiger charge is 2.23. The van der Waals surface area contributed by atoms with Crippen LogP contribution in [-0.4, -0.2) is 28.7 Å². The molecule has 0 radical (unpaired) electrons. The molecule has 1 fully saturated rings. The van der Waals surface area contributed by atoms with Crippen molar-refractivity contribution in [2.24, 2.45) is 0 Å². The lowest BCUT2D eigenvalue weighted by Crippen LogP contribution is -2.31. The second kappa shape index (κ2) is 2.25. The summed E-state index contributed by atoms with van der Waals surface area (Å²) in [5.74, 6) is 0. The Kier molecular flexibility index (Phi) is 1.27.